The van der Waals surface area contributed by atoms with E-state index in [2.05, 4.69) is 266 Å². The monoisotopic (exact) mass is 1580 g/mol. The third kappa shape index (κ3) is 10.9. The lowest BCUT2D eigenvalue weighted by Crippen LogP contribution is -2.61. The molecule has 120 heavy (non-hydrogen) atoms. The molecule has 23 rings (SSSR count). The van der Waals surface area contributed by atoms with Crippen molar-refractivity contribution in [2.75, 3.05) is 9.80 Å². The lowest BCUT2D eigenvalue weighted by atomic mass is 9.33. The van der Waals surface area contributed by atoms with Gasteiger partial charge in [-0.1, -0.05) is 277 Å². The highest BCUT2D eigenvalue weighted by molar-refractivity contribution is 7.27. The maximum absolute atomic E-state index is 10.0. The molecule has 0 fully saturated rings. The van der Waals surface area contributed by atoms with Crippen LogP contribution < -0.4 is 26.2 Å². The normalized spacial score (nSPS) is 15.2. The van der Waals surface area contributed by atoms with Crippen LogP contribution in [0, 0.1) is 0 Å². The maximum Gasteiger partial charge on any atom is 0.252 e. The summed E-state index contributed by atoms with van der Waals surface area (Å²) in [6.45, 7) is 26.1. The Morgan fingerprint density at radius 1 is 0.242 bits per heavy atom. The molecule has 0 bridgehead atoms. The third-order valence-electron chi connectivity index (χ3n) is 25.2. The molecule has 8 heteroatoms. The second kappa shape index (κ2) is 26.1. The van der Waals surface area contributed by atoms with Gasteiger partial charge in [-0.25, -0.2) is 0 Å². The molecule has 0 saturated carbocycles. The van der Waals surface area contributed by atoms with Crippen molar-refractivity contribution in [3.05, 3.63) is 356 Å². The Hall–Kier alpha value is -13.4. The van der Waals surface area contributed by atoms with E-state index in [0.29, 0.717) is 39.8 Å². The molecule has 6 nitrogen and oxygen atoms in total. The van der Waals surface area contributed by atoms with Crippen molar-refractivity contribution in [3.8, 4) is 45.0 Å². The van der Waals surface area contributed by atoms with E-state index in [1.807, 2.05) is 72.8 Å². The van der Waals surface area contributed by atoms with Gasteiger partial charge in [0.1, 0.15) is 0 Å². The highest BCUT2D eigenvalue weighted by Gasteiger charge is 2.45. The lowest BCUT2D eigenvalue weighted by molar-refractivity contribution is 0.590. The topological polar surface area (TPSA) is 26.2 Å². The highest BCUT2D eigenvalue weighted by Crippen LogP contribution is 2.54. The van der Waals surface area contributed by atoms with E-state index in [4.69, 9.17) is 0 Å². The van der Waals surface area contributed by atoms with E-state index in [0.717, 1.165) is 131 Å². The molecule has 21 aromatic rings. The van der Waals surface area contributed by atoms with Crippen LogP contribution in [0.4, 0.5) is 34.1 Å². The van der Waals surface area contributed by atoms with Gasteiger partial charge in [0.05, 0.1) is 92.5 Å². The number of thiophene rings is 1. The standard InChI is InChI=1S/C112H91BN6S/c1-109(2,3)72-45-53-96-86(60-72)87-61-73(110(4,5)6)46-54-97(87)116(96)79-66-104-106-105(67-79)119(101-44-28-38-85-84-37-27-43-100(107(84)120-108(85)101)118-98-55-47-74(111(7,8)9)62-88(98)89-63-75(112(10,11)12)48-56-99(89)118)103-65-77(115-94-41-25-21-35-82(94)83-36-22-26-42-95(83)115)50-52-91(103)113(106)90-51-49-76(114-92-39-23-19-33-80(92)81-34-20-24-40-93(81)114)64-102(90)117(104)78-58-70(68-29-15-13-16-30-68)57-71(59-78)69-31-17-14-18-32-69/h13-67H,1-12H3/i19D,20D,21D,22D,23D,24D,25D,26D,33D,34D,35D,36D,39D,40D,41D,42D. The van der Waals surface area contributed by atoms with Gasteiger partial charge in [0, 0.05) is 93.7 Å². The average molecular weight is 1580 g/mol. The van der Waals surface area contributed by atoms with Gasteiger partial charge in [-0.15, -0.1) is 11.3 Å². The van der Waals surface area contributed by atoms with Crippen LogP contribution in [0.1, 0.15) is 127 Å². The molecule has 578 valence electrons. The van der Waals surface area contributed by atoms with Crippen molar-refractivity contribution in [1.29, 1.82) is 0 Å². The van der Waals surface area contributed by atoms with Crippen molar-refractivity contribution in [3.63, 3.8) is 0 Å². The SMILES string of the molecule is [2H]c1c([2H])c([2H])c2c(c1[2H])c1c([2H])c([2H])c([2H])c([2H])c1n2-c1ccc2c(c1)N(c1cc(-c3ccccc3)cc(-c3ccccc3)c1)c1cc(-n3c4ccc(C(C)(C)C)cc4c4cc(C(C)(C)C)ccc43)cc3c1B2c1ccc(-n2c4c([2H])c([2H])c([2H])c([2H])c4c4c([2H])c([2H])c([2H])c([2H])c42)cc1N3c1cccc2c1sc1c(-n3c4ccc(C(C)(C)C)cc4c4cc(C(C)(C)C)ccc43)cccc12. The zero-order chi connectivity index (χ0) is 95.2. The fourth-order valence-electron chi connectivity index (χ4n) is 19.2. The molecular weight excluding hydrogens is 1470 g/mol. The minimum atomic E-state index is -0.797. The largest absolute Gasteiger partial charge is 0.311 e. The molecule has 0 radical (unpaired) electrons. The number of hydrogen-bond acceptors (Lipinski definition) is 3. The van der Waals surface area contributed by atoms with Crippen LogP contribution in [0.5, 0.6) is 0 Å². The Kier molecular flexibility index (Phi) is 12.3. The summed E-state index contributed by atoms with van der Waals surface area (Å²) in [6, 6.07) is 75.6. The average Bonchev–Trinajstić information content (AvgIpc) is 1.14. The Bertz CT molecular complexity index is 8590. The van der Waals surface area contributed by atoms with Gasteiger partial charge in [-0.3, -0.25) is 0 Å². The van der Waals surface area contributed by atoms with E-state index in [1.165, 1.54) is 11.1 Å². The first kappa shape index (κ1) is 56.9. The molecule has 0 amide bonds. The lowest BCUT2D eigenvalue weighted by Gasteiger charge is -2.45. The molecule has 0 saturated heterocycles. The second-order valence-corrected chi connectivity index (χ2v) is 37.6. The van der Waals surface area contributed by atoms with Gasteiger partial charge in [-0.2, -0.15) is 0 Å². The number of anilines is 6. The number of para-hydroxylation sites is 4. The van der Waals surface area contributed by atoms with Crippen LogP contribution in [0.25, 0.3) is 152 Å². The second-order valence-electron chi connectivity index (χ2n) is 36.6. The van der Waals surface area contributed by atoms with Gasteiger partial charge in [0.25, 0.3) is 6.71 Å². The van der Waals surface area contributed by atoms with Crippen LogP contribution in [0.3, 0.4) is 0 Å². The Labute approximate surface area is 727 Å². The van der Waals surface area contributed by atoms with E-state index < -0.39 is 103 Å². The van der Waals surface area contributed by atoms with E-state index >= 15 is 0 Å². The minimum Gasteiger partial charge on any atom is -0.311 e. The fourth-order valence-corrected chi connectivity index (χ4v) is 20.5. The van der Waals surface area contributed by atoms with Crippen LogP contribution in [-0.2, 0) is 21.7 Å². The zero-order valence-corrected chi connectivity index (χ0v) is 69.5. The number of hydrogen-bond donors (Lipinski definition) is 0. The van der Waals surface area contributed by atoms with E-state index in [-0.39, 0.29) is 65.3 Å². The summed E-state index contributed by atoms with van der Waals surface area (Å²) in [5.74, 6) is 0. The molecule has 0 spiro atoms. The quantitative estimate of drug-likeness (QED) is 0.142. The molecule has 2 aliphatic heterocycles. The van der Waals surface area contributed by atoms with Crippen LogP contribution in [0.2, 0.25) is 0 Å². The fraction of sp³-hybridized carbons (Fsp3) is 0.143. The van der Waals surface area contributed by atoms with Crippen molar-refractivity contribution in [2.45, 2.75) is 105 Å². The molecular formula is C112H91BN6S. The van der Waals surface area contributed by atoms with E-state index in [9.17, 15) is 21.9 Å². The van der Waals surface area contributed by atoms with Crippen molar-refractivity contribution < 1.29 is 21.9 Å². The first-order valence-corrected chi connectivity index (χ1v) is 42.0. The predicted molar refractivity (Wildman–Crippen MR) is 516 cm³/mol. The third-order valence-corrected chi connectivity index (χ3v) is 26.5. The maximum atomic E-state index is 10.0. The summed E-state index contributed by atoms with van der Waals surface area (Å²) in [5, 5.41) is 6.01. The van der Waals surface area contributed by atoms with E-state index in [1.54, 1.807) is 20.5 Å². The molecule has 0 unspecified atom stereocenters. The van der Waals surface area contributed by atoms with Crippen LogP contribution >= 0.6 is 11.3 Å². The molecule has 16 aromatic carbocycles. The van der Waals surface area contributed by atoms with Gasteiger partial charge < -0.3 is 28.1 Å². The van der Waals surface area contributed by atoms with Crippen LogP contribution in [0.15, 0.2) is 333 Å². The molecule has 0 N–H and O–H groups in total. The van der Waals surface area contributed by atoms with Crippen LogP contribution in [-0.4, -0.2) is 25.0 Å². The van der Waals surface area contributed by atoms with Gasteiger partial charge in [-0.05, 0) is 222 Å². The van der Waals surface area contributed by atoms with Gasteiger partial charge in [0.2, 0.25) is 0 Å². The van der Waals surface area contributed by atoms with Gasteiger partial charge in [0.15, 0.2) is 0 Å². The zero-order valence-electron chi connectivity index (χ0n) is 84.7. The highest BCUT2D eigenvalue weighted by atomic mass is 32.1. The summed E-state index contributed by atoms with van der Waals surface area (Å²) in [7, 11) is 0. The number of fused-ring (bicyclic) bond motifs is 19. The number of aromatic nitrogens is 4. The molecule has 0 aliphatic carbocycles. The summed E-state index contributed by atoms with van der Waals surface area (Å²) < 4.78 is 163. The summed E-state index contributed by atoms with van der Waals surface area (Å²) in [6.07, 6.45) is 0. The Morgan fingerprint density at radius 2 is 0.592 bits per heavy atom. The number of benzene rings is 16. The Balaban J connectivity index is 0.910. The molecule has 0 atom stereocenters. The Morgan fingerprint density at radius 3 is 1.00 bits per heavy atom. The first-order valence-electron chi connectivity index (χ1n) is 49.2. The van der Waals surface area contributed by atoms with Crippen molar-refractivity contribution in [1.82, 2.24) is 18.3 Å². The molecule has 5 aromatic heterocycles. The summed E-state index contributed by atoms with van der Waals surface area (Å²) >= 11 is 1.69. The van der Waals surface area contributed by atoms with Gasteiger partial charge >= 0.3 is 0 Å². The summed E-state index contributed by atoms with van der Waals surface area (Å²) in [5.41, 5.74) is 19.9. The molecule has 7 heterocycles. The number of nitrogens with zero attached hydrogens (tertiary/aromatic N) is 6. The first-order chi connectivity index (χ1) is 64.7. The smallest absolute Gasteiger partial charge is 0.252 e. The predicted octanol–water partition coefficient (Wildman–Crippen LogP) is 29.0. The molecule has 2 aliphatic rings. The minimum absolute atomic E-state index is 0.0529. The number of rotatable bonds is 8. The van der Waals surface area contributed by atoms with Crippen molar-refractivity contribution in [2.24, 2.45) is 0 Å². The summed E-state index contributed by atoms with van der Waals surface area (Å²) in [4.78, 5) is 4.63. The van der Waals surface area contributed by atoms with Crippen molar-refractivity contribution >= 4 is 176 Å².